The van der Waals surface area contributed by atoms with Crippen LogP contribution in [0.2, 0.25) is 0 Å². The SMILES string of the molecule is CCN1CCC(c2cc(Br)c(N)nn2)CC1. The summed E-state index contributed by atoms with van der Waals surface area (Å²) in [5, 5.41) is 8.15. The predicted molar refractivity (Wildman–Crippen MR) is 68.2 cm³/mol. The van der Waals surface area contributed by atoms with E-state index in [1.54, 1.807) is 0 Å². The van der Waals surface area contributed by atoms with Crippen LogP contribution in [0, 0.1) is 0 Å². The lowest BCUT2D eigenvalue weighted by atomic mass is 9.93. The van der Waals surface area contributed by atoms with Crippen LogP contribution in [0.3, 0.4) is 0 Å². The number of nitrogens with zero attached hydrogens (tertiary/aromatic N) is 3. The second-order valence-corrected chi connectivity index (χ2v) is 5.07. The number of rotatable bonds is 2. The summed E-state index contributed by atoms with van der Waals surface area (Å²) in [4.78, 5) is 2.47. The number of piperidine rings is 1. The van der Waals surface area contributed by atoms with Crippen LogP contribution in [0.1, 0.15) is 31.4 Å². The monoisotopic (exact) mass is 284 g/mol. The molecule has 2 heterocycles. The van der Waals surface area contributed by atoms with Crippen molar-refractivity contribution in [1.29, 1.82) is 0 Å². The third-order valence-electron chi connectivity index (χ3n) is 3.25. The summed E-state index contributed by atoms with van der Waals surface area (Å²) in [5.74, 6) is 1.00. The van der Waals surface area contributed by atoms with Gasteiger partial charge in [0.1, 0.15) is 0 Å². The molecule has 0 spiro atoms. The first-order valence-electron chi connectivity index (χ1n) is 5.71. The molecule has 0 bridgehead atoms. The lowest BCUT2D eigenvalue weighted by molar-refractivity contribution is 0.220. The highest BCUT2D eigenvalue weighted by atomic mass is 79.9. The van der Waals surface area contributed by atoms with Crippen LogP contribution in [0.5, 0.6) is 0 Å². The van der Waals surface area contributed by atoms with Crippen LogP contribution in [0.4, 0.5) is 5.82 Å². The van der Waals surface area contributed by atoms with Gasteiger partial charge < -0.3 is 10.6 Å². The van der Waals surface area contributed by atoms with E-state index in [4.69, 9.17) is 5.73 Å². The van der Waals surface area contributed by atoms with Gasteiger partial charge in [-0.1, -0.05) is 6.92 Å². The highest BCUT2D eigenvalue weighted by Crippen LogP contribution is 2.28. The quantitative estimate of drug-likeness (QED) is 0.903. The summed E-state index contributed by atoms with van der Waals surface area (Å²) in [6.45, 7) is 5.67. The fraction of sp³-hybridized carbons (Fsp3) is 0.636. The zero-order chi connectivity index (χ0) is 11.5. The third-order valence-corrected chi connectivity index (χ3v) is 3.88. The molecular formula is C11H17BrN4. The van der Waals surface area contributed by atoms with Gasteiger partial charge in [0, 0.05) is 5.92 Å². The minimum absolute atomic E-state index is 0.467. The van der Waals surface area contributed by atoms with Gasteiger partial charge in [0.25, 0.3) is 0 Å². The van der Waals surface area contributed by atoms with Crippen LogP contribution >= 0.6 is 15.9 Å². The van der Waals surface area contributed by atoms with Crippen molar-refractivity contribution in [3.63, 3.8) is 0 Å². The molecule has 1 saturated heterocycles. The molecule has 1 aliphatic rings. The van der Waals surface area contributed by atoms with Gasteiger partial charge in [-0.25, -0.2) is 0 Å². The molecule has 5 heteroatoms. The Balaban J connectivity index is 2.05. The number of anilines is 1. The first kappa shape index (κ1) is 11.8. The molecule has 2 rings (SSSR count). The summed E-state index contributed by atoms with van der Waals surface area (Å²) in [5.41, 5.74) is 6.70. The fourth-order valence-electron chi connectivity index (χ4n) is 2.14. The Labute approximate surface area is 104 Å². The van der Waals surface area contributed by atoms with Gasteiger partial charge in [0.15, 0.2) is 5.82 Å². The van der Waals surface area contributed by atoms with Crippen LogP contribution in [-0.2, 0) is 0 Å². The van der Waals surface area contributed by atoms with Crippen LogP contribution < -0.4 is 5.73 Å². The summed E-state index contributed by atoms with van der Waals surface area (Å²) >= 11 is 3.40. The van der Waals surface area contributed by atoms with Crippen LogP contribution in [0.25, 0.3) is 0 Å². The van der Waals surface area contributed by atoms with Crippen molar-refractivity contribution in [2.75, 3.05) is 25.4 Å². The number of hydrogen-bond donors (Lipinski definition) is 1. The minimum Gasteiger partial charge on any atom is -0.381 e. The molecule has 2 N–H and O–H groups in total. The molecule has 1 fully saturated rings. The van der Waals surface area contributed by atoms with E-state index in [0.717, 1.165) is 29.8 Å². The maximum atomic E-state index is 5.63. The van der Waals surface area contributed by atoms with Gasteiger partial charge in [-0.2, -0.15) is 5.10 Å². The number of hydrogen-bond acceptors (Lipinski definition) is 4. The van der Waals surface area contributed by atoms with E-state index in [2.05, 4.69) is 38.0 Å². The molecule has 4 nitrogen and oxygen atoms in total. The van der Waals surface area contributed by atoms with E-state index < -0.39 is 0 Å². The Hall–Kier alpha value is -0.680. The maximum Gasteiger partial charge on any atom is 0.160 e. The number of halogens is 1. The summed E-state index contributed by atoms with van der Waals surface area (Å²) in [7, 11) is 0. The molecule has 0 unspecified atom stereocenters. The van der Waals surface area contributed by atoms with Gasteiger partial charge in [-0.05, 0) is 54.5 Å². The summed E-state index contributed by atoms with van der Waals surface area (Å²) in [6.07, 6.45) is 2.33. The lowest BCUT2D eigenvalue weighted by Crippen LogP contribution is -2.32. The van der Waals surface area contributed by atoms with Gasteiger partial charge in [-0.15, -0.1) is 5.10 Å². The third kappa shape index (κ3) is 2.52. The van der Waals surface area contributed by atoms with E-state index >= 15 is 0 Å². The Morgan fingerprint density at radius 2 is 2.12 bits per heavy atom. The van der Waals surface area contributed by atoms with Gasteiger partial charge in [0.05, 0.1) is 10.2 Å². The average Bonchev–Trinajstić information content (AvgIpc) is 2.33. The van der Waals surface area contributed by atoms with Crippen molar-refractivity contribution in [3.8, 4) is 0 Å². The fourth-order valence-corrected chi connectivity index (χ4v) is 2.45. The Morgan fingerprint density at radius 3 is 2.69 bits per heavy atom. The normalized spacial score (nSPS) is 18.9. The smallest absolute Gasteiger partial charge is 0.160 e. The molecule has 0 saturated carbocycles. The molecule has 0 atom stereocenters. The van der Waals surface area contributed by atoms with Crippen molar-refractivity contribution in [2.24, 2.45) is 0 Å². The first-order valence-corrected chi connectivity index (χ1v) is 6.51. The van der Waals surface area contributed by atoms with Crippen molar-refractivity contribution >= 4 is 21.7 Å². The maximum absolute atomic E-state index is 5.63. The van der Waals surface area contributed by atoms with Gasteiger partial charge in [-0.3, -0.25) is 0 Å². The summed E-state index contributed by atoms with van der Waals surface area (Å²) < 4.78 is 0.857. The van der Waals surface area contributed by atoms with Crippen molar-refractivity contribution in [2.45, 2.75) is 25.7 Å². The summed E-state index contributed by atoms with van der Waals surface area (Å²) in [6, 6.07) is 2.01. The lowest BCUT2D eigenvalue weighted by Gasteiger charge is -2.30. The zero-order valence-corrected chi connectivity index (χ0v) is 11.1. The highest BCUT2D eigenvalue weighted by Gasteiger charge is 2.21. The number of likely N-dealkylation sites (tertiary alicyclic amines) is 1. The molecule has 1 aromatic heterocycles. The van der Waals surface area contributed by atoms with Crippen LogP contribution in [-0.4, -0.2) is 34.7 Å². The molecule has 0 radical (unpaired) electrons. The second-order valence-electron chi connectivity index (χ2n) is 4.21. The van der Waals surface area contributed by atoms with E-state index in [9.17, 15) is 0 Å². The molecule has 16 heavy (non-hydrogen) atoms. The number of aromatic nitrogens is 2. The largest absolute Gasteiger partial charge is 0.381 e. The molecule has 1 aromatic rings. The molecular weight excluding hydrogens is 268 g/mol. The minimum atomic E-state index is 0.467. The van der Waals surface area contributed by atoms with Crippen LogP contribution in [0.15, 0.2) is 10.5 Å². The molecule has 0 aromatic carbocycles. The van der Waals surface area contributed by atoms with Crippen molar-refractivity contribution in [1.82, 2.24) is 15.1 Å². The molecule has 1 aliphatic heterocycles. The molecule has 0 aliphatic carbocycles. The van der Waals surface area contributed by atoms with Gasteiger partial charge >= 0.3 is 0 Å². The highest BCUT2D eigenvalue weighted by molar-refractivity contribution is 9.10. The predicted octanol–water partition coefficient (Wildman–Crippen LogP) is 2.02. The molecule has 88 valence electrons. The molecule has 0 amide bonds. The van der Waals surface area contributed by atoms with Gasteiger partial charge in [0.2, 0.25) is 0 Å². The van der Waals surface area contributed by atoms with Crippen molar-refractivity contribution in [3.05, 3.63) is 16.2 Å². The standard InChI is InChI=1S/C11H17BrN4/c1-2-16-5-3-8(4-6-16)10-7-9(12)11(13)15-14-10/h7-8H,2-6H2,1H3,(H2,13,15). The number of nitrogens with two attached hydrogens (primary N) is 1. The zero-order valence-electron chi connectivity index (χ0n) is 9.49. The van der Waals surface area contributed by atoms with E-state index in [0.29, 0.717) is 11.7 Å². The number of nitrogen functional groups attached to an aromatic ring is 1. The van der Waals surface area contributed by atoms with Crippen molar-refractivity contribution < 1.29 is 0 Å². The first-order chi connectivity index (χ1) is 7.70. The van der Waals surface area contributed by atoms with E-state index in [1.165, 1.54) is 12.8 Å². The Bertz CT molecular complexity index is 361. The second kappa shape index (κ2) is 5.10. The van der Waals surface area contributed by atoms with E-state index in [-0.39, 0.29) is 0 Å². The average molecular weight is 285 g/mol. The van der Waals surface area contributed by atoms with E-state index in [1.807, 2.05) is 6.07 Å². The Kier molecular flexibility index (Phi) is 3.76. The topological polar surface area (TPSA) is 55.0 Å². The Morgan fingerprint density at radius 1 is 1.44 bits per heavy atom.